The fourth-order valence-electron chi connectivity index (χ4n) is 1.31. The molecule has 0 bridgehead atoms. The molecule has 0 spiro atoms. The predicted octanol–water partition coefficient (Wildman–Crippen LogP) is 3.66. The van der Waals surface area contributed by atoms with Crippen LogP contribution >= 0.6 is 11.6 Å². The Balaban J connectivity index is 2.90. The second-order valence-electron chi connectivity index (χ2n) is 3.89. The Morgan fingerprint density at radius 1 is 1.25 bits per heavy atom. The van der Waals surface area contributed by atoms with Crippen molar-refractivity contribution in [1.29, 1.82) is 0 Å². The summed E-state index contributed by atoms with van der Waals surface area (Å²) < 4.78 is 0. The zero-order chi connectivity index (χ0) is 12.1. The van der Waals surface area contributed by atoms with Gasteiger partial charge in [0.2, 0.25) is 5.91 Å². The monoisotopic (exact) mass is 237 g/mol. The first-order valence-electron chi connectivity index (χ1n) is 5.17. The van der Waals surface area contributed by atoms with E-state index in [1.54, 1.807) is 24.0 Å². The van der Waals surface area contributed by atoms with E-state index in [-0.39, 0.29) is 5.91 Å². The van der Waals surface area contributed by atoms with E-state index in [1.807, 2.05) is 32.1 Å². The van der Waals surface area contributed by atoms with Gasteiger partial charge in [0.25, 0.3) is 0 Å². The van der Waals surface area contributed by atoms with Gasteiger partial charge >= 0.3 is 0 Å². The zero-order valence-electron chi connectivity index (χ0n) is 9.83. The number of carbonyl (C=O) groups is 1. The summed E-state index contributed by atoms with van der Waals surface area (Å²) in [6, 6.07) is 7.27. The minimum Gasteiger partial charge on any atom is -0.309 e. The average molecular weight is 238 g/mol. The molecule has 0 aromatic heterocycles. The second-order valence-corrected chi connectivity index (χ2v) is 4.32. The molecule has 0 saturated heterocycles. The maximum Gasteiger partial charge on any atom is 0.224 e. The molecule has 2 nitrogen and oxygen atoms in total. The SMILES string of the molecule is CC(=O)N(CC=C(C)C)c1ccc(Cl)cc1. The highest BCUT2D eigenvalue weighted by molar-refractivity contribution is 6.30. The standard InChI is InChI=1S/C13H16ClNO/c1-10(2)8-9-15(11(3)16)13-6-4-12(14)5-7-13/h4-8H,9H2,1-3H3. The number of hydrogen-bond acceptors (Lipinski definition) is 1. The van der Waals surface area contributed by atoms with Gasteiger partial charge in [0.15, 0.2) is 0 Å². The lowest BCUT2D eigenvalue weighted by Gasteiger charge is -2.19. The number of rotatable bonds is 3. The van der Waals surface area contributed by atoms with E-state index in [1.165, 1.54) is 5.57 Å². The van der Waals surface area contributed by atoms with Crippen LogP contribution in [0.15, 0.2) is 35.9 Å². The molecule has 1 aromatic rings. The van der Waals surface area contributed by atoms with Crippen LogP contribution in [-0.2, 0) is 4.79 Å². The molecule has 0 N–H and O–H groups in total. The van der Waals surface area contributed by atoms with Crippen molar-refractivity contribution in [1.82, 2.24) is 0 Å². The third-order valence-corrected chi connectivity index (χ3v) is 2.45. The van der Waals surface area contributed by atoms with Crippen molar-refractivity contribution in [3.05, 3.63) is 40.9 Å². The molecule has 3 heteroatoms. The van der Waals surface area contributed by atoms with Crippen LogP contribution in [0.25, 0.3) is 0 Å². The molecule has 0 radical (unpaired) electrons. The number of halogens is 1. The van der Waals surface area contributed by atoms with Crippen molar-refractivity contribution in [2.75, 3.05) is 11.4 Å². The lowest BCUT2D eigenvalue weighted by Crippen LogP contribution is -2.28. The molecular weight excluding hydrogens is 222 g/mol. The van der Waals surface area contributed by atoms with Gasteiger partial charge in [0.1, 0.15) is 0 Å². The van der Waals surface area contributed by atoms with Gasteiger partial charge in [0, 0.05) is 24.2 Å². The molecule has 1 aromatic carbocycles. The summed E-state index contributed by atoms with van der Waals surface area (Å²) in [4.78, 5) is 13.2. The van der Waals surface area contributed by atoms with Gasteiger partial charge in [-0.2, -0.15) is 0 Å². The van der Waals surface area contributed by atoms with Crippen LogP contribution < -0.4 is 4.90 Å². The van der Waals surface area contributed by atoms with Gasteiger partial charge in [-0.05, 0) is 38.1 Å². The summed E-state index contributed by atoms with van der Waals surface area (Å²) in [6.45, 7) is 6.19. The maximum atomic E-state index is 11.5. The fraction of sp³-hybridized carbons (Fsp3) is 0.308. The lowest BCUT2D eigenvalue weighted by atomic mass is 10.2. The number of anilines is 1. The van der Waals surface area contributed by atoms with Crippen LogP contribution in [0.5, 0.6) is 0 Å². The first-order chi connectivity index (χ1) is 7.50. The molecule has 1 rings (SSSR count). The molecule has 86 valence electrons. The molecule has 0 atom stereocenters. The Morgan fingerprint density at radius 2 is 1.81 bits per heavy atom. The quantitative estimate of drug-likeness (QED) is 0.735. The van der Waals surface area contributed by atoms with Crippen molar-refractivity contribution in [3.8, 4) is 0 Å². The summed E-state index contributed by atoms with van der Waals surface area (Å²) in [5.41, 5.74) is 2.06. The first-order valence-corrected chi connectivity index (χ1v) is 5.55. The van der Waals surface area contributed by atoms with Gasteiger partial charge in [-0.1, -0.05) is 23.3 Å². The van der Waals surface area contributed by atoms with Crippen LogP contribution in [-0.4, -0.2) is 12.5 Å². The van der Waals surface area contributed by atoms with Crippen molar-refractivity contribution >= 4 is 23.2 Å². The van der Waals surface area contributed by atoms with Crippen molar-refractivity contribution in [2.24, 2.45) is 0 Å². The Bertz CT molecular complexity index is 391. The molecule has 16 heavy (non-hydrogen) atoms. The van der Waals surface area contributed by atoms with Crippen LogP contribution in [0.4, 0.5) is 5.69 Å². The normalized spacial score (nSPS) is 9.75. The molecule has 1 amide bonds. The molecule has 0 fully saturated rings. The summed E-state index contributed by atoms with van der Waals surface area (Å²) in [5.74, 6) is 0.0276. The number of allylic oxidation sites excluding steroid dienone is 1. The minimum atomic E-state index is 0.0276. The highest BCUT2D eigenvalue weighted by atomic mass is 35.5. The Hall–Kier alpha value is -1.28. The van der Waals surface area contributed by atoms with Crippen LogP contribution in [0.1, 0.15) is 20.8 Å². The maximum absolute atomic E-state index is 11.5. The highest BCUT2D eigenvalue weighted by Gasteiger charge is 2.09. The topological polar surface area (TPSA) is 20.3 Å². The number of benzene rings is 1. The summed E-state index contributed by atoms with van der Waals surface area (Å²) in [5, 5.41) is 0.675. The lowest BCUT2D eigenvalue weighted by molar-refractivity contribution is -0.116. The van der Waals surface area contributed by atoms with Crippen LogP contribution in [0, 0.1) is 0 Å². The van der Waals surface area contributed by atoms with E-state index < -0.39 is 0 Å². The summed E-state index contributed by atoms with van der Waals surface area (Å²) >= 11 is 5.81. The number of carbonyl (C=O) groups excluding carboxylic acids is 1. The zero-order valence-corrected chi connectivity index (χ0v) is 10.6. The van der Waals surface area contributed by atoms with E-state index in [4.69, 9.17) is 11.6 Å². The molecule has 0 aliphatic rings. The van der Waals surface area contributed by atoms with E-state index >= 15 is 0 Å². The van der Waals surface area contributed by atoms with Gasteiger partial charge in [0.05, 0.1) is 0 Å². The second kappa shape index (κ2) is 5.71. The van der Waals surface area contributed by atoms with E-state index in [9.17, 15) is 4.79 Å². The van der Waals surface area contributed by atoms with Crippen molar-refractivity contribution in [2.45, 2.75) is 20.8 Å². The molecule has 0 heterocycles. The molecular formula is C13H16ClNO. The smallest absolute Gasteiger partial charge is 0.224 e. The predicted molar refractivity (Wildman–Crippen MR) is 68.9 cm³/mol. The fourth-order valence-corrected chi connectivity index (χ4v) is 1.44. The van der Waals surface area contributed by atoms with Gasteiger partial charge in [-0.25, -0.2) is 0 Å². The first kappa shape index (κ1) is 12.8. The van der Waals surface area contributed by atoms with Gasteiger partial charge in [-0.15, -0.1) is 0 Å². The Labute approximate surface area is 102 Å². The van der Waals surface area contributed by atoms with Gasteiger partial charge < -0.3 is 4.90 Å². The highest BCUT2D eigenvalue weighted by Crippen LogP contribution is 2.18. The third kappa shape index (κ3) is 3.70. The van der Waals surface area contributed by atoms with Crippen molar-refractivity contribution < 1.29 is 4.79 Å². The number of nitrogens with zero attached hydrogens (tertiary/aromatic N) is 1. The number of amides is 1. The Morgan fingerprint density at radius 3 is 2.25 bits per heavy atom. The summed E-state index contributed by atoms with van der Waals surface area (Å²) in [6.07, 6.45) is 2.02. The van der Waals surface area contributed by atoms with E-state index in [2.05, 4.69) is 0 Å². The Kier molecular flexibility index (Phi) is 4.56. The van der Waals surface area contributed by atoms with Crippen LogP contribution in [0.2, 0.25) is 5.02 Å². The van der Waals surface area contributed by atoms with Crippen molar-refractivity contribution in [3.63, 3.8) is 0 Å². The van der Waals surface area contributed by atoms with E-state index in [0.29, 0.717) is 11.6 Å². The minimum absolute atomic E-state index is 0.0276. The largest absolute Gasteiger partial charge is 0.309 e. The van der Waals surface area contributed by atoms with Gasteiger partial charge in [-0.3, -0.25) is 4.79 Å². The van der Waals surface area contributed by atoms with Crippen LogP contribution in [0.3, 0.4) is 0 Å². The average Bonchev–Trinajstić information content (AvgIpc) is 2.20. The third-order valence-electron chi connectivity index (χ3n) is 2.20. The molecule has 0 aliphatic heterocycles. The molecule has 0 aliphatic carbocycles. The summed E-state index contributed by atoms with van der Waals surface area (Å²) in [7, 11) is 0. The molecule has 0 saturated carbocycles. The molecule has 0 unspecified atom stereocenters. The van der Waals surface area contributed by atoms with E-state index in [0.717, 1.165) is 5.69 Å². The number of hydrogen-bond donors (Lipinski definition) is 0.